The summed E-state index contributed by atoms with van der Waals surface area (Å²) in [6.07, 6.45) is 0. The zero-order valence-electron chi connectivity index (χ0n) is 7.58. The Bertz CT molecular complexity index is 467. The third kappa shape index (κ3) is 2.64. The van der Waals surface area contributed by atoms with E-state index < -0.39 is 0 Å². The van der Waals surface area contributed by atoms with E-state index in [0.29, 0.717) is 0 Å². The first kappa shape index (κ1) is 11.6. The molecule has 0 aliphatic heterocycles. The Kier molecular flexibility index (Phi) is 3.88. The zero-order chi connectivity index (χ0) is 10.8. The Morgan fingerprint density at radius 3 is 2.47 bits per heavy atom. The Morgan fingerprint density at radius 1 is 1.13 bits per heavy atom. The second kappa shape index (κ2) is 5.00. The van der Waals surface area contributed by atoms with Crippen molar-refractivity contribution >= 4 is 54.8 Å². The van der Waals surface area contributed by atoms with Gasteiger partial charge in [0.25, 0.3) is 0 Å². The summed E-state index contributed by atoms with van der Waals surface area (Å²) in [4.78, 5) is 1.41. The SMILES string of the molecule is Clc1ccccc1C(Br)c1ccc(Br)s1. The molecule has 0 spiro atoms. The summed E-state index contributed by atoms with van der Waals surface area (Å²) < 4.78 is 1.13. The maximum absolute atomic E-state index is 6.14. The molecular weight excluding hydrogens is 359 g/mol. The van der Waals surface area contributed by atoms with Gasteiger partial charge in [0.15, 0.2) is 0 Å². The van der Waals surface area contributed by atoms with Crippen LogP contribution in [0.25, 0.3) is 0 Å². The van der Waals surface area contributed by atoms with Gasteiger partial charge in [-0.25, -0.2) is 0 Å². The largest absolute Gasteiger partial charge is 0.132 e. The predicted molar refractivity (Wildman–Crippen MR) is 74.2 cm³/mol. The van der Waals surface area contributed by atoms with Gasteiger partial charge in [-0.05, 0) is 39.7 Å². The molecular formula is C11H7Br2ClS. The molecule has 0 nitrogen and oxygen atoms in total. The van der Waals surface area contributed by atoms with E-state index >= 15 is 0 Å². The van der Waals surface area contributed by atoms with Crippen molar-refractivity contribution in [3.63, 3.8) is 0 Å². The van der Waals surface area contributed by atoms with Gasteiger partial charge in [-0.15, -0.1) is 11.3 Å². The van der Waals surface area contributed by atoms with E-state index in [-0.39, 0.29) is 4.83 Å². The molecule has 0 aliphatic rings. The van der Waals surface area contributed by atoms with E-state index in [1.54, 1.807) is 11.3 Å². The molecule has 2 rings (SSSR count). The lowest BCUT2D eigenvalue weighted by molar-refractivity contribution is 1.23. The van der Waals surface area contributed by atoms with Gasteiger partial charge in [-0.3, -0.25) is 0 Å². The highest BCUT2D eigenvalue weighted by Gasteiger charge is 2.14. The highest BCUT2D eigenvalue weighted by atomic mass is 79.9. The average molecular weight is 367 g/mol. The molecule has 1 atom stereocenters. The van der Waals surface area contributed by atoms with Crippen molar-refractivity contribution in [1.29, 1.82) is 0 Å². The first-order chi connectivity index (χ1) is 7.18. The third-order valence-electron chi connectivity index (χ3n) is 2.02. The first-order valence-electron chi connectivity index (χ1n) is 4.32. The normalized spacial score (nSPS) is 12.7. The average Bonchev–Trinajstić information content (AvgIpc) is 2.65. The van der Waals surface area contributed by atoms with Crippen molar-refractivity contribution in [2.75, 3.05) is 0 Å². The van der Waals surface area contributed by atoms with E-state index in [1.165, 1.54) is 4.88 Å². The van der Waals surface area contributed by atoms with Gasteiger partial charge in [0.1, 0.15) is 0 Å². The molecule has 1 aromatic heterocycles. The molecule has 0 saturated heterocycles. The molecule has 1 aromatic carbocycles. The van der Waals surface area contributed by atoms with Crippen molar-refractivity contribution in [2.24, 2.45) is 0 Å². The van der Waals surface area contributed by atoms with Gasteiger partial charge in [0, 0.05) is 9.90 Å². The topological polar surface area (TPSA) is 0 Å². The lowest BCUT2D eigenvalue weighted by Crippen LogP contribution is -1.89. The van der Waals surface area contributed by atoms with E-state index in [2.05, 4.69) is 37.9 Å². The molecule has 0 saturated carbocycles. The number of hydrogen-bond donors (Lipinski definition) is 0. The van der Waals surface area contributed by atoms with Crippen molar-refractivity contribution in [3.8, 4) is 0 Å². The molecule has 0 N–H and O–H groups in total. The van der Waals surface area contributed by atoms with Crippen LogP contribution in [0.15, 0.2) is 40.2 Å². The van der Waals surface area contributed by atoms with Crippen LogP contribution in [0.1, 0.15) is 15.3 Å². The summed E-state index contributed by atoms with van der Waals surface area (Å²) in [5, 5.41) is 0.795. The summed E-state index contributed by atoms with van der Waals surface area (Å²) in [5.41, 5.74) is 1.11. The van der Waals surface area contributed by atoms with Crippen LogP contribution in [0.5, 0.6) is 0 Å². The van der Waals surface area contributed by atoms with Crippen molar-refractivity contribution in [3.05, 3.63) is 55.6 Å². The lowest BCUT2D eigenvalue weighted by Gasteiger charge is -2.09. The Labute approximate surface area is 115 Å². The number of halogens is 3. The Morgan fingerprint density at radius 2 is 1.87 bits per heavy atom. The van der Waals surface area contributed by atoms with Crippen LogP contribution < -0.4 is 0 Å². The van der Waals surface area contributed by atoms with Crippen LogP contribution in [0.2, 0.25) is 5.02 Å². The second-order valence-corrected chi connectivity index (χ2v) is 6.84. The van der Waals surface area contributed by atoms with Crippen molar-refractivity contribution < 1.29 is 0 Å². The van der Waals surface area contributed by atoms with Gasteiger partial charge in [0.05, 0.1) is 8.61 Å². The highest BCUT2D eigenvalue weighted by Crippen LogP contribution is 2.39. The minimum Gasteiger partial charge on any atom is -0.132 e. The van der Waals surface area contributed by atoms with Crippen LogP contribution in [-0.2, 0) is 0 Å². The van der Waals surface area contributed by atoms with E-state index in [1.807, 2.05) is 30.3 Å². The molecule has 0 radical (unpaired) electrons. The summed E-state index contributed by atoms with van der Waals surface area (Å²) in [7, 11) is 0. The van der Waals surface area contributed by atoms with Crippen LogP contribution in [0, 0.1) is 0 Å². The Balaban J connectivity index is 2.36. The maximum atomic E-state index is 6.14. The molecule has 2 aromatic rings. The second-order valence-electron chi connectivity index (χ2n) is 3.03. The van der Waals surface area contributed by atoms with Gasteiger partial charge in [0.2, 0.25) is 0 Å². The Hall–Kier alpha value is 0.170. The van der Waals surface area contributed by atoms with Crippen LogP contribution in [-0.4, -0.2) is 0 Å². The summed E-state index contributed by atoms with van der Waals surface area (Å²) >= 11 is 15.0. The van der Waals surface area contributed by atoms with Gasteiger partial charge in [-0.1, -0.05) is 45.7 Å². The molecule has 1 heterocycles. The fourth-order valence-electron chi connectivity index (χ4n) is 1.30. The molecule has 0 aliphatic carbocycles. The predicted octanol–water partition coefficient (Wildman–Crippen LogP) is 5.65. The molecule has 15 heavy (non-hydrogen) atoms. The lowest BCUT2D eigenvalue weighted by atomic mass is 10.1. The fraction of sp³-hybridized carbons (Fsp3) is 0.0909. The number of rotatable bonds is 2. The summed E-state index contributed by atoms with van der Waals surface area (Å²) in [6, 6.07) is 12.0. The van der Waals surface area contributed by atoms with Gasteiger partial charge in [-0.2, -0.15) is 0 Å². The van der Waals surface area contributed by atoms with Crippen LogP contribution in [0.3, 0.4) is 0 Å². The zero-order valence-corrected chi connectivity index (χ0v) is 12.3. The maximum Gasteiger partial charge on any atom is 0.0752 e. The van der Waals surface area contributed by atoms with Crippen molar-refractivity contribution in [1.82, 2.24) is 0 Å². The smallest absolute Gasteiger partial charge is 0.0752 e. The highest BCUT2D eigenvalue weighted by molar-refractivity contribution is 9.11. The number of thiophene rings is 1. The van der Waals surface area contributed by atoms with Crippen LogP contribution in [0.4, 0.5) is 0 Å². The molecule has 1 unspecified atom stereocenters. The summed E-state index contributed by atoms with van der Waals surface area (Å²) in [5.74, 6) is 0. The molecule has 78 valence electrons. The molecule has 4 heteroatoms. The number of hydrogen-bond acceptors (Lipinski definition) is 1. The molecule has 0 amide bonds. The van der Waals surface area contributed by atoms with E-state index in [0.717, 1.165) is 14.4 Å². The standard InChI is InChI=1S/C11H7Br2ClS/c12-10-6-5-9(15-10)11(13)7-3-1-2-4-8(7)14/h1-6,11H. The minimum atomic E-state index is 0.169. The first-order valence-corrected chi connectivity index (χ1v) is 7.22. The number of alkyl halides is 1. The van der Waals surface area contributed by atoms with E-state index in [4.69, 9.17) is 11.6 Å². The minimum absolute atomic E-state index is 0.169. The molecule has 0 bridgehead atoms. The molecule has 0 fully saturated rings. The van der Waals surface area contributed by atoms with Crippen molar-refractivity contribution in [2.45, 2.75) is 4.83 Å². The van der Waals surface area contributed by atoms with Gasteiger partial charge >= 0.3 is 0 Å². The summed E-state index contributed by atoms with van der Waals surface area (Å²) in [6.45, 7) is 0. The quantitative estimate of drug-likeness (QED) is 0.603. The third-order valence-corrected chi connectivity index (χ3v) is 5.34. The monoisotopic (exact) mass is 364 g/mol. The fourth-order valence-corrected chi connectivity index (χ4v) is 3.93. The van der Waals surface area contributed by atoms with Gasteiger partial charge < -0.3 is 0 Å². The van der Waals surface area contributed by atoms with Crippen LogP contribution >= 0.6 is 54.8 Å². The van der Waals surface area contributed by atoms with E-state index in [9.17, 15) is 0 Å². The number of benzene rings is 1.